The summed E-state index contributed by atoms with van der Waals surface area (Å²) in [7, 11) is 0. The third-order valence-electron chi connectivity index (χ3n) is 7.42. The Morgan fingerprint density at radius 1 is 0.811 bits per heavy atom. The standard InChI is InChI=1S/C25H42N6O6/c1-19-4-3-5-20(2)30(19)18-22(33)26-10-8-21(32)27-11-13-29-16-14-28(15-17-29)12-9-25(36)37-31-23(34)6-7-24(31)35/h19-20H,3-18H2,1-2H3,(H,26,33)(H,27,32)/i8+1,21+1,26+1. The molecule has 4 amide bonds. The third-order valence-corrected chi connectivity index (χ3v) is 7.42. The molecular weight excluding hydrogens is 483 g/mol. The van der Waals surface area contributed by atoms with E-state index in [-0.39, 0.29) is 37.5 Å². The molecule has 37 heavy (non-hydrogen) atoms. The number of hydroxylamine groups is 2. The van der Waals surface area contributed by atoms with E-state index in [1.54, 1.807) is 0 Å². The molecule has 2 unspecified atom stereocenters. The highest BCUT2D eigenvalue weighted by molar-refractivity contribution is 6.01. The predicted molar refractivity (Wildman–Crippen MR) is 135 cm³/mol. The summed E-state index contributed by atoms with van der Waals surface area (Å²) >= 11 is 0. The highest BCUT2D eigenvalue weighted by Gasteiger charge is 2.33. The first-order chi connectivity index (χ1) is 17.7. The fourth-order valence-corrected chi connectivity index (χ4v) is 5.06. The molecule has 0 radical (unpaired) electrons. The maximum atomic E-state index is 12.3. The fraction of sp³-hybridized carbons (Fsp3) is 0.800. The van der Waals surface area contributed by atoms with E-state index in [2.05, 4.69) is 39.2 Å². The summed E-state index contributed by atoms with van der Waals surface area (Å²) in [5, 5.41) is 6.36. The molecule has 3 fully saturated rings. The zero-order valence-corrected chi connectivity index (χ0v) is 22.2. The second-order valence-corrected chi connectivity index (χ2v) is 10.2. The number of imide groups is 1. The maximum absolute atomic E-state index is 12.3. The second kappa shape index (κ2) is 14.4. The molecule has 0 bridgehead atoms. The topological polar surface area (TPSA) is 132 Å². The van der Waals surface area contributed by atoms with Gasteiger partial charge in [0.1, 0.15) is 0 Å². The summed E-state index contributed by atoms with van der Waals surface area (Å²) in [5.74, 6) is -1.63. The van der Waals surface area contributed by atoms with Gasteiger partial charge in [0.2, 0.25) is 11.8 Å². The van der Waals surface area contributed by atoms with Gasteiger partial charge in [-0.3, -0.25) is 29.0 Å². The summed E-state index contributed by atoms with van der Waals surface area (Å²) in [6, 6.07) is 0.824. The largest absolute Gasteiger partial charge is 0.355 e. The Morgan fingerprint density at radius 3 is 2.00 bits per heavy atom. The van der Waals surface area contributed by atoms with Gasteiger partial charge in [0, 0.05) is 83.7 Å². The summed E-state index contributed by atoms with van der Waals surface area (Å²) in [6.07, 6.45) is 3.99. The van der Waals surface area contributed by atoms with Gasteiger partial charge in [0.05, 0.1) is 13.0 Å². The number of nitrogens with zero attached hydrogens (tertiary/aromatic N) is 4. The van der Waals surface area contributed by atoms with Gasteiger partial charge in [-0.1, -0.05) is 6.42 Å². The number of amides is 4. The van der Waals surface area contributed by atoms with Gasteiger partial charge in [-0.2, -0.15) is 0 Å². The first kappa shape index (κ1) is 29.0. The van der Waals surface area contributed by atoms with E-state index < -0.39 is 17.8 Å². The van der Waals surface area contributed by atoms with Crippen LogP contribution in [0.3, 0.4) is 0 Å². The molecule has 3 heterocycles. The number of carbonyl (C=O) groups is 5. The molecule has 3 saturated heterocycles. The third kappa shape index (κ3) is 9.35. The van der Waals surface area contributed by atoms with Crippen molar-refractivity contribution >= 4 is 29.6 Å². The van der Waals surface area contributed by atoms with Crippen LogP contribution in [0.5, 0.6) is 0 Å². The van der Waals surface area contributed by atoms with Gasteiger partial charge in [0.25, 0.3) is 11.8 Å². The Hall–Kier alpha value is -2.57. The monoisotopic (exact) mass is 525 g/mol. The molecule has 2 atom stereocenters. The number of hydrogen-bond donors (Lipinski definition) is 2. The predicted octanol–water partition coefficient (Wildman–Crippen LogP) is -0.513. The molecule has 3 aliphatic rings. The van der Waals surface area contributed by atoms with Gasteiger partial charge in [-0.25, -0.2) is 4.79 Å². The Balaban J connectivity index is 1.19. The molecule has 3 aliphatic heterocycles. The van der Waals surface area contributed by atoms with Crippen LogP contribution in [-0.4, -0.2) is 120 Å². The summed E-state index contributed by atoms with van der Waals surface area (Å²) < 4.78 is 0. The van der Waals surface area contributed by atoms with E-state index >= 15 is 0 Å². The van der Waals surface area contributed by atoms with Crippen LogP contribution in [0.4, 0.5) is 0 Å². The molecule has 12 heteroatoms. The molecule has 0 spiro atoms. The average Bonchev–Trinajstić information content (AvgIpc) is 3.18. The Bertz CT molecular complexity index is 804. The fourth-order valence-electron chi connectivity index (χ4n) is 5.06. The zero-order valence-electron chi connectivity index (χ0n) is 22.2. The van der Waals surface area contributed by atoms with E-state index in [1.807, 2.05) is 0 Å². The van der Waals surface area contributed by atoms with Crippen molar-refractivity contribution in [1.29, 1.82) is 0 Å². The molecule has 2 N–H and O–H groups in total. The molecular formula is C25H42N6O6. The lowest BCUT2D eigenvalue weighted by Gasteiger charge is -2.38. The van der Waals surface area contributed by atoms with Crippen LogP contribution >= 0.6 is 0 Å². The minimum absolute atomic E-state index is 0.0300. The smallest absolute Gasteiger partial charge is 0.334 e. The number of likely N-dealkylation sites (tertiary alicyclic amines) is 1. The molecule has 0 aromatic heterocycles. The van der Waals surface area contributed by atoms with Gasteiger partial charge < -0.3 is 20.4 Å². The van der Waals surface area contributed by atoms with Crippen molar-refractivity contribution < 1.29 is 28.8 Å². The first-order valence-electron chi connectivity index (χ1n) is 13.5. The number of piperidine rings is 1. The lowest BCUT2D eigenvalue weighted by Crippen LogP contribution is -2.49. The first-order valence-corrected chi connectivity index (χ1v) is 13.5. The summed E-state index contributed by atoms with van der Waals surface area (Å²) in [4.78, 5) is 70.9. The summed E-state index contributed by atoms with van der Waals surface area (Å²) in [6.45, 7) is 10.0. The van der Waals surface area contributed by atoms with Crippen molar-refractivity contribution in [2.24, 2.45) is 0 Å². The number of piperazine rings is 1. The lowest BCUT2D eigenvalue weighted by atomic mass is 9.98. The van der Waals surface area contributed by atoms with Crippen molar-refractivity contribution in [3.8, 4) is 0 Å². The number of carbonyl (C=O) groups excluding carboxylic acids is 5. The van der Waals surface area contributed by atoms with Crippen molar-refractivity contribution in [3.05, 3.63) is 0 Å². The van der Waals surface area contributed by atoms with Crippen molar-refractivity contribution in [2.45, 2.75) is 70.9 Å². The van der Waals surface area contributed by atoms with Crippen molar-refractivity contribution in [2.75, 3.05) is 58.9 Å². The molecule has 12 nitrogen and oxygen atoms in total. The van der Waals surface area contributed by atoms with Gasteiger partial charge in [-0.15, -0.1) is 5.06 Å². The maximum Gasteiger partial charge on any atom is 0.334 e. The number of nitrogens with one attached hydrogen (secondary N) is 2. The van der Waals surface area contributed by atoms with Crippen LogP contribution in [0.25, 0.3) is 0 Å². The molecule has 3 rings (SSSR count). The molecule has 208 valence electrons. The van der Waals surface area contributed by atoms with E-state index in [0.29, 0.717) is 43.3 Å². The summed E-state index contributed by atoms with van der Waals surface area (Å²) in [5.41, 5.74) is 0. The highest BCUT2D eigenvalue weighted by Crippen LogP contribution is 2.21. The van der Waals surface area contributed by atoms with Gasteiger partial charge >= 0.3 is 5.97 Å². The van der Waals surface area contributed by atoms with Crippen LogP contribution < -0.4 is 10.6 Å². The minimum Gasteiger partial charge on any atom is -0.355 e. The van der Waals surface area contributed by atoms with E-state index in [1.165, 1.54) is 6.42 Å². The zero-order chi connectivity index (χ0) is 26.8. The quantitative estimate of drug-likeness (QED) is 0.196. The molecule has 0 saturated carbocycles. The average molecular weight is 526 g/mol. The van der Waals surface area contributed by atoms with E-state index in [0.717, 1.165) is 45.6 Å². The van der Waals surface area contributed by atoms with Crippen molar-refractivity contribution in [3.63, 3.8) is 0 Å². The molecule has 0 aromatic carbocycles. The van der Waals surface area contributed by atoms with Gasteiger partial charge in [0.15, 0.2) is 0 Å². The Morgan fingerprint density at radius 2 is 1.38 bits per heavy atom. The van der Waals surface area contributed by atoms with Crippen LogP contribution in [-0.2, 0) is 28.8 Å². The highest BCUT2D eigenvalue weighted by atomic mass is 16.7. The van der Waals surface area contributed by atoms with Crippen molar-refractivity contribution in [1.82, 2.24) is 30.4 Å². The second-order valence-electron chi connectivity index (χ2n) is 10.2. The SMILES string of the molecule is CC1CCCC(C)N1CC(=O)[15NH]C[13CH2][13C](=O)NCCN1CCN(CCC(=O)ON2C(=O)CCC2=O)CC1. The molecule has 0 aromatic rings. The van der Waals surface area contributed by atoms with Crippen LogP contribution in [0.15, 0.2) is 0 Å². The van der Waals surface area contributed by atoms with E-state index in [4.69, 9.17) is 4.84 Å². The minimum atomic E-state index is -0.583. The van der Waals surface area contributed by atoms with Crippen LogP contribution in [0, 0.1) is 0 Å². The normalized spacial score (nSPS) is 23.8. The number of hydrogen-bond acceptors (Lipinski definition) is 9. The Kier molecular flexibility index (Phi) is 11.3. The van der Waals surface area contributed by atoms with Crippen LogP contribution in [0.1, 0.15) is 58.8 Å². The number of rotatable bonds is 12. The van der Waals surface area contributed by atoms with Gasteiger partial charge in [-0.05, 0) is 26.7 Å². The van der Waals surface area contributed by atoms with E-state index in [9.17, 15) is 24.0 Å². The lowest BCUT2D eigenvalue weighted by molar-refractivity contribution is -0.197. The Labute approximate surface area is 218 Å². The molecule has 0 aliphatic carbocycles. The van der Waals surface area contributed by atoms with Crippen LogP contribution in [0.2, 0.25) is 0 Å².